The molecule has 8 nitrogen and oxygen atoms in total. The fourth-order valence-corrected chi connectivity index (χ4v) is 4.80. The predicted molar refractivity (Wildman–Crippen MR) is 129 cm³/mol. The van der Waals surface area contributed by atoms with Crippen molar-refractivity contribution in [3.63, 3.8) is 0 Å². The maximum Gasteiger partial charge on any atom is 0.396 e. The second-order valence-corrected chi connectivity index (χ2v) is 9.10. The van der Waals surface area contributed by atoms with Crippen LogP contribution in [0, 0.1) is 5.82 Å². The number of rotatable bonds is 5. The van der Waals surface area contributed by atoms with Gasteiger partial charge in [0.15, 0.2) is 5.78 Å². The van der Waals surface area contributed by atoms with E-state index >= 15 is 0 Å². The zero-order chi connectivity index (χ0) is 27.1. The van der Waals surface area contributed by atoms with Gasteiger partial charge in [-0.1, -0.05) is 41.9 Å². The summed E-state index contributed by atoms with van der Waals surface area (Å²) in [6.07, 6.45) is -4.63. The van der Waals surface area contributed by atoms with Crippen molar-refractivity contribution in [3.8, 4) is 0 Å². The summed E-state index contributed by atoms with van der Waals surface area (Å²) in [5, 5.41) is 2.56. The predicted octanol–water partition coefficient (Wildman–Crippen LogP) is 4.60. The number of carbonyl (C=O) groups is 3. The number of nitrogens with two attached hydrogens (primary N) is 2. The summed E-state index contributed by atoms with van der Waals surface area (Å²) in [4.78, 5) is 39.1. The van der Waals surface area contributed by atoms with Gasteiger partial charge >= 0.3 is 18.2 Å². The first-order valence-corrected chi connectivity index (χ1v) is 11.5. The zero-order valence-corrected chi connectivity index (χ0v) is 19.9. The van der Waals surface area contributed by atoms with Crippen molar-refractivity contribution in [2.75, 3.05) is 11.9 Å². The lowest BCUT2D eigenvalue weighted by molar-refractivity contribution is -0.158. The van der Waals surface area contributed by atoms with Gasteiger partial charge in [0.1, 0.15) is 11.9 Å². The van der Waals surface area contributed by atoms with Crippen molar-refractivity contribution in [2.45, 2.75) is 37.0 Å². The van der Waals surface area contributed by atoms with E-state index < -0.39 is 64.8 Å². The Kier molecular flexibility index (Phi) is 7.16. The number of fused-ring (bicyclic) bond motifs is 1. The van der Waals surface area contributed by atoms with Gasteiger partial charge in [0.2, 0.25) is 0 Å². The van der Waals surface area contributed by atoms with Gasteiger partial charge in [0.05, 0.1) is 22.1 Å². The number of para-hydroxylation sites is 1. The van der Waals surface area contributed by atoms with Crippen LogP contribution in [0.25, 0.3) is 10.9 Å². The van der Waals surface area contributed by atoms with E-state index in [1.165, 1.54) is 6.20 Å². The number of halogens is 5. The number of hydrogen-bond donors (Lipinski definition) is 3. The van der Waals surface area contributed by atoms with Gasteiger partial charge in [0, 0.05) is 36.2 Å². The maximum atomic E-state index is 14.4. The molecule has 5 N–H and O–H groups in total. The Labute approximate surface area is 213 Å². The molecule has 3 aromatic rings. The van der Waals surface area contributed by atoms with E-state index in [-0.39, 0.29) is 18.7 Å². The molecule has 2 aromatic carbocycles. The van der Waals surface area contributed by atoms with Crippen LogP contribution in [0.3, 0.4) is 0 Å². The van der Waals surface area contributed by atoms with Crippen LogP contribution < -0.4 is 16.8 Å². The van der Waals surface area contributed by atoms with Gasteiger partial charge < -0.3 is 21.7 Å². The number of carbonyl (C=O) groups excluding carboxylic acids is 3. The molecule has 3 amide bonds. The highest BCUT2D eigenvalue weighted by molar-refractivity contribution is 6.30. The Morgan fingerprint density at radius 1 is 1.14 bits per heavy atom. The smallest absolute Gasteiger partial charge is 0.351 e. The zero-order valence-electron chi connectivity index (χ0n) is 19.1. The quantitative estimate of drug-likeness (QED) is 0.410. The summed E-state index contributed by atoms with van der Waals surface area (Å²) in [6.45, 7) is 0.0000774. The van der Waals surface area contributed by atoms with E-state index in [9.17, 15) is 31.9 Å². The van der Waals surface area contributed by atoms with Crippen LogP contribution in [0.1, 0.15) is 24.3 Å². The summed E-state index contributed by atoms with van der Waals surface area (Å²) in [7, 11) is 0. The third-order valence-electron chi connectivity index (χ3n) is 6.38. The number of benzene rings is 2. The Morgan fingerprint density at radius 2 is 1.84 bits per heavy atom. The van der Waals surface area contributed by atoms with Crippen molar-refractivity contribution in [1.82, 2.24) is 9.47 Å². The molecule has 13 heteroatoms. The largest absolute Gasteiger partial charge is 0.396 e. The summed E-state index contributed by atoms with van der Waals surface area (Å²) < 4.78 is 57.2. The van der Waals surface area contributed by atoms with E-state index in [4.69, 9.17) is 23.1 Å². The summed E-state index contributed by atoms with van der Waals surface area (Å²) in [5.41, 5.74) is 11.3. The number of likely N-dealkylation sites (tertiary alicyclic amines) is 1. The van der Waals surface area contributed by atoms with Gasteiger partial charge in [-0.2, -0.15) is 13.2 Å². The number of ketones is 1. The first kappa shape index (κ1) is 26.4. The first-order valence-electron chi connectivity index (χ1n) is 11.2. The third-order valence-corrected chi connectivity index (χ3v) is 6.68. The highest BCUT2D eigenvalue weighted by Gasteiger charge is 2.47. The molecule has 4 rings (SSSR count). The number of aromatic nitrogens is 1. The van der Waals surface area contributed by atoms with Crippen LogP contribution in [0.2, 0.25) is 5.02 Å². The van der Waals surface area contributed by atoms with Gasteiger partial charge in [-0.25, -0.2) is 14.0 Å². The lowest BCUT2D eigenvalue weighted by Gasteiger charge is -2.28. The molecule has 2 heterocycles. The number of nitrogens with one attached hydrogen (secondary N) is 1. The second-order valence-electron chi connectivity index (χ2n) is 8.70. The molecule has 3 atom stereocenters. The molecule has 1 aliphatic rings. The number of primary amides is 1. The summed E-state index contributed by atoms with van der Waals surface area (Å²) in [5.74, 6) is -4.72. The van der Waals surface area contributed by atoms with Crippen LogP contribution in [-0.2, 0) is 4.79 Å². The Hall–Kier alpha value is -3.64. The number of anilines is 1. The van der Waals surface area contributed by atoms with Crippen LogP contribution >= 0.6 is 11.6 Å². The molecular formula is C24H22ClF4N5O3. The number of alkyl halides is 3. The minimum atomic E-state index is -4.96. The Bertz CT molecular complexity index is 1380. The van der Waals surface area contributed by atoms with E-state index in [1.54, 1.807) is 24.3 Å². The van der Waals surface area contributed by atoms with Crippen LogP contribution in [0.15, 0.2) is 48.7 Å². The lowest BCUT2D eigenvalue weighted by Crippen LogP contribution is -2.50. The van der Waals surface area contributed by atoms with Crippen LogP contribution in [0.4, 0.5) is 32.8 Å². The van der Waals surface area contributed by atoms with Crippen LogP contribution in [0.5, 0.6) is 0 Å². The Balaban J connectivity index is 1.59. The maximum absolute atomic E-state index is 14.4. The van der Waals surface area contributed by atoms with Gasteiger partial charge in [-0.3, -0.25) is 9.36 Å². The van der Waals surface area contributed by atoms with Crippen molar-refractivity contribution in [3.05, 3.63) is 65.1 Å². The lowest BCUT2D eigenvalue weighted by atomic mass is 9.89. The molecule has 37 heavy (non-hydrogen) atoms. The molecule has 1 aliphatic heterocycles. The normalized spacial score (nSPS) is 18.7. The topological polar surface area (TPSA) is 123 Å². The molecule has 0 bridgehead atoms. The standard InChI is InChI=1S/C24H22ClF4N5O3/c25-15-6-3-5-12(20(15)26)14(24(27,28)29)10-19(35)21-16(30)8-9-33(21)23(37)32-17-11-34(22(31)36)18-7-2-1-4-13(17)18/h1-7,11,14,16,21H,8-10,30H2,(H2,31,36)(H,32,37)/t14-,16+,21-/m0/s1. The van der Waals surface area contributed by atoms with Crippen LogP contribution in [-0.4, -0.2) is 52.1 Å². The minimum Gasteiger partial charge on any atom is -0.351 e. The summed E-state index contributed by atoms with van der Waals surface area (Å²) in [6, 6.07) is 5.87. The molecule has 1 saturated heterocycles. The van der Waals surface area contributed by atoms with Crippen molar-refractivity contribution >= 4 is 46.0 Å². The van der Waals surface area contributed by atoms with E-state index in [0.29, 0.717) is 10.9 Å². The van der Waals surface area contributed by atoms with Gasteiger partial charge in [0.25, 0.3) is 0 Å². The number of nitrogens with zero attached hydrogens (tertiary/aromatic N) is 2. The average Bonchev–Trinajstić information content (AvgIpc) is 3.40. The number of hydrogen-bond acceptors (Lipinski definition) is 4. The molecule has 0 saturated carbocycles. The fourth-order valence-electron chi connectivity index (χ4n) is 4.62. The number of urea groups is 1. The molecule has 0 aliphatic carbocycles. The first-order chi connectivity index (χ1) is 17.4. The van der Waals surface area contributed by atoms with Crippen molar-refractivity contribution in [2.24, 2.45) is 11.5 Å². The SMILES string of the molecule is NC(=O)n1cc(NC(=O)N2CC[C@@H](N)[C@H]2C(=O)C[C@@H](c2cccc(Cl)c2F)C(F)(F)F)c2ccccc21. The molecule has 196 valence electrons. The molecule has 0 spiro atoms. The van der Waals surface area contributed by atoms with E-state index in [0.717, 1.165) is 27.7 Å². The van der Waals surface area contributed by atoms with E-state index in [2.05, 4.69) is 5.32 Å². The average molecular weight is 540 g/mol. The van der Waals surface area contributed by atoms with Crippen molar-refractivity contribution < 1.29 is 31.9 Å². The fraction of sp³-hybridized carbons (Fsp3) is 0.292. The number of Topliss-reactive ketones (excluding diaryl/α,β-unsaturated/α-hetero) is 1. The molecule has 1 aromatic heterocycles. The molecule has 0 unspecified atom stereocenters. The Morgan fingerprint density at radius 3 is 2.51 bits per heavy atom. The molecule has 0 radical (unpaired) electrons. The monoisotopic (exact) mass is 539 g/mol. The van der Waals surface area contributed by atoms with Gasteiger partial charge in [-0.15, -0.1) is 0 Å². The highest BCUT2D eigenvalue weighted by Crippen LogP contribution is 2.41. The minimum absolute atomic E-state index is 0.0000774. The van der Waals surface area contributed by atoms with Crippen molar-refractivity contribution in [1.29, 1.82) is 0 Å². The van der Waals surface area contributed by atoms with Gasteiger partial charge in [-0.05, 0) is 18.6 Å². The highest BCUT2D eigenvalue weighted by atomic mass is 35.5. The summed E-state index contributed by atoms with van der Waals surface area (Å²) >= 11 is 5.66. The third kappa shape index (κ3) is 5.12. The number of amides is 3. The van der Waals surface area contributed by atoms with E-state index in [1.807, 2.05) is 0 Å². The molecular weight excluding hydrogens is 518 g/mol. The second kappa shape index (κ2) is 10.0. The molecule has 1 fully saturated rings.